The lowest BCUT2D eigenvalue weighted by molar-refractivity contribution is -0.122. The molecule has 44 heavy (non-hydrogen) atoms. The fourth-order valence-electron chi connectivity index (χ4n) is 6.12. The minimum Gasteiger partial charge on any atom is -0.349 e. The van der Waals surface area contributed by atoms with E-state index in [9.17, 15) is 26.4 Å². The van der Waals surface area contributed by atoms with Gasteiger partial charge in [-0.05, 0) is 98.4 Å². The zero-order valence-electron chi connectivity index (χ0n) is 24.7. The number of amides is 1. The maximum absolute atomic E-state index is 14.8. The van der Waals surface area contributed by atoms with Crippen molar-refractivity contribution in [2.45, 2.75) is 93.3 Å². The summed E-state index contributed by atoms with van der Waals surface area (Å²) in [7, 11) is -4.31. The highest BCUT2D eigenvalue weighted by Crippen LogP contribution is 2.49. The number of hydrogen-bond donors (Lipinski definition) is 3. The van der Waals surface area contributed by atoms with Gasteiger partial charge in [-0.1, -0.05) is 42.5 Å². The highest BCUT2D eigenvalue weighted by molar-refractivity contribution is 7.89. The molecule has 0 aromatic heterocycles. The molecule has 6 nitrogen and oxygen atoms in total. The molecule has 1 amide bonds. The maximum atomic E-state index is 14.8. The number of nitrogens with one attached hydrogen (secondary N) is 3. The predicted molar refractivity (Wildman–Crippen MR) is 162 cm³/mol. The monoisotopic (exact) mass is 625 g/mol. The van der Waals surface area contributed by atoms with E-state index in [2.05, 4.69) is 40.5 Å². The molecule has 0 spiro atoms. The Labute approximate surface area is 256 Å². The first-order chi connectivity index (χ1) is 21.0. The Kier molecular flexibility index (Phi) is 8.60. The van der Waals surface area contributed by atoms with Gasteiger partial charge in [0.1, 0.15) is 5.82 Å². The molecule has 3 N–H and O–H groups in total. The van der Waals surface area contributed by atoms with Crippen LogP contribution in [0.2, 0.25) is 0 Å². The topological polar surface area (TPSA) is 87.3 Å². The molecule has 2 fully saturated rings. The zero-order valence-corrected chi connectivity index (χ0v) is 25.5. The van der Waals surface area contributed by atoms with Crippen molar-refractivity contribution in [2.75, 3.05) is 0 Å². The predicted octanol–water partition coefficient (Wildman–Crippen LogP) is 6.74. The SMILES string of the molecule is CC(NC1CC1)c1ccc2c(c1)CCC[C@H]2NC(=O)C[C@@H](NS(=O)(=O)c1cccc(C(F)(F)C2CC2)c1)c1ccc(F)cc1. The minimum atomic E-state index is -4.31. The number of rotatable bonds is 12. The number of benzene rings is 3. The molecular weight excluding hydrogens is 587 g/mol. The van der Waals surface area contributed by atoms with E-state index in [0.29, 0.717) is 24.4 Å². The molecule has 3 aromatic carbocycles. The molecule has 10 heteroatoms. The molecule has 0 heterocycles. The lowest BCUT2D eigenvalue weighted by Crippen LogP contribution is -2.36. The molecule has 1 unspecified atom stereocenters. The summed E-state index contributed by atoms with van der Waals surface area (Å²) in [5, 5.41) is 6.71. The molecule has 3 aliphatic carbocycles. The smallest absolute Gasteiger partial charge is 0.276 e. The van der Waals surface area contributed by atoms with Gasteiger partial charge in [0, 0.05) is 30.0 Å². The van der Waals surface area contributed by atoms with Gasteiger partial charge in [0.25, 0.3) is 5.92 Å². The van der Waals surface area contributed by atoms with Gasteiger partial charge in [-0.3, -0.25) is 4.79 Å². The summed E-state index contributed by atoms with van der Waals surface area (Å²) < 4.78 is 72.8. The third-order valence-corrected chi connectivity index (χ3v) is 10.4. The summed E-state index contributed by atoms with van der Waals surface area (Å²) in [6.07, 6.45) is 5.53. The highest BCUT2D eigenvalue weighted by Gasteiger charge is 2.48. The van der Waals surface area contributed by atoms with Gasteiger partial charge in [-0.15, -0.1) is 0 Å². The van der Waals surface area contributed by atoms with Crippen molar-refractivity contribution in [3.63, 3.8) is 0 Å². The number of carbonyl (C=O) groups excluding carboxylic acids is 1. The summed E-state index contributed by atoms with van der Waals surface area (Å²) in [5.74, 6) is -4.79. The fourth-order valence-corrected chi connectivity index (χ4v) is 7.39. The van der Waals surface area contributed by atoms with Gasteiger partial charge in [0.05, 0.1) is 17.0 Å². The van der Waals surface area contributed by atoms with Gasteiger partial charge in [0.2, 0.25) is 15.9 Å². The van der Waals surface area contributed by atoms with Crippen LogP contribution in [0.3, 0.4) is 0 Å². The molecule has 0 radical (unpaired) electrons. The van der Waals surface area contributed by atoms with Crippen molar-refractivity contribution in [1.82, 2.24) is 15.4 Å². The first-order valence-electron chi connectivity index (χ1n) is 15.4. The number of sulfonamides is 1. The quantitative estimate of drug-likeness (QED) is 0.208. The summed E-state index contributed by atoms with van der Waals surface area (Å²) in [6.45, 7) is 2.16. The largest absolute Gasteiger partial charge is 0.349 e. The van der Waals surface area contributed by atoms with Crippen LogP contribution in [0.1, 0.15) is 97.8 Å². The average Bonchev–Trinajstić information content (AvgIpc) is 3.92. The van der Waals surface area contributed by atoms with E-state index in [1.807, 2.05) is 0 Å². The number of halogens is 3. The Balaban J connectivity index is 1.19. The number of aryl methyl sites for hydroxylation is 1. The molecule has 3 aromatic rings. The zero-order chi connectivity index (χ0) is 31.1. The van der Waals surface area contributed by atoms with E-state index in [0.717, 1.165) is 30.9 Å². The highest BCUT2D eigenvalue weighted by atomic mass is 32.2. The molecule has 6 rings (SSSR count). The Bertz CT molecular complexity index is 1620. The molecule has 234 valence electrons. The lowest BCUT2D eigenvalue weighted by Gasteiger charge is -2.28. The molecule has 0 bridgehead atoms. The Morgan fingerprint density at radius 3 is 2.39 bits per heavy atom. The van der Waals surface area contributed by atoms with Crippen molar-refractivity contribution < 1.29 is 26.4 Å². The molecule has 3 atom stereocenters. The second-order valence-corrected chi connectivity index (χ2v) is 14.2. The molecule has 3 aliphatic rings. The Morgan fingerprint density at radius 1 is 0.955 bits per heavy atom. The van der Waals surface area contributed by atoms with Gasteiger partial charge < -0.3 is 10.6 Å². The van der Waals surface area contributed by atoms with Crippen LogP contribution in [0.15, 0.2) is 71.6 Å². The van der Waals surface area contributed by atoms with E-state index in [1.165, 1.54) is 66.4 Å². The van der Waals surface area contributed by atoms with Crippen molar-refractivity contribution in [3.8, 4) is 0 Å². The lowest BCUT2D eigenvalue weighted by atomic mass is 9.85. The van der Waals surface area contributed by atoms with Crippen LogP contribution >= 0.6 is 0 Å². The number of alkyl halides is 2. The van der Waals surface area contributed by atoms with Crippen LogP contribution in [0.25, 0.3) is 0 Å². The second-order valence-electron chi connectivity index (χ2n) is 12.5. The van der Waals surface area contributed by atoms with Gasteiger partial charge in [0.15, 0.2) is 0 Å². The van der Waals surface area contributed by atoms with E-state index < -0.39 is 33.7 Å². The van der Waals surface area contributed by atoms with Crippen molar-refractivity contribution >= 4 is 15.9 Å². The summed E-state index contributed by atoms with van der Waals surface area (Å²) in [5.41, 5.74) is 3.50. The molecule has 2 saturated carbocycles. The van der Waals surface area contributed by atoms with E-state index in [4.69, 9.17) is 0 Å². The third kappa shape index (κ3) is 7.03. The first kappa shape index (κ1) is 30.8. The number of carbonyl (C=O) groups is 1. The van der Waals surface area contributed by atoms with Crippen LogP contribution in [0.5, 0.6) is 0 Å². The number of fused-ring (bicyclic) bond motifs is 1. The van der Waals surface area contributed by atoms with Crippen molar-refractivity contribution in [3.05, 3.63) is 100 Å². The first-order valence-corrected chi connectivity index (χ1v) is 16.9. The van der Waals surface area contributed by atoms with E-state index in [-0.39, 0.29) is 34.9 Å². The van der Waals surface area contributed by atoms with Crippen LogP contribution in [-0.4, -0.2) is 20.4 Å². The van der Waals surface area contributed by atoms with Crippen LogP contribution < -0.4 is 15.4 Å². The van der Waals surface area contributed by atoms with Crippen LogP contribution in [-0.2, 0) is 27.2 Å². The fraction of sp³-hybridized carbons (Fsp3) is 0.441. The maximum Gasteiger partial charge on any atom is 0.276 e. The van der Waals surface area contributed by atoms with Crippen molar-refractivity contribution in [2.24, 2.45) is 5.92 Å². The standard InChI is InChI=1S/C34H38F3N3O3S/c1-21(38-28-15-16-28)23-10-17-30-24(18-23)4-2-7-31(30)39-33(41)20-32(22-8-13-27(35)14-9-22)40-44(42,43)29-6-3-5-26(19-29)34(36,37)25-11-12-25/h3,5-6,8-10,13-14,17-19,21,25,28,31-32,38,40H,2,4,7,11-12,15-16,20H2,1H3,(H,39,41)/t21?,31-,32-/m1/s1. The molecular formula is C34H38F3N3O3S. The average molecular weight is 626 g/mol. The molecule has 0 aliphatic heterocycles. The summed E-state index contributed by atoms with van der Waals surface area (Å²) >= 11 is 0. The van der Waals surface area contributed by atoms with Crippen molar-refractivity contribution in [1.29, 1.82) is 0 Å². The Hall–Kier alpha value is -3.21. The van der Waals surface area contributed by atoms with Crippen LogP contribution in [0.4, 0.5) is 13.2 Å². The minimum absolute atomic E-state index is 0.223. The normalized spacial score (nSPS) is 20.0. The van der Waals surface area contributed by atoms with Crippen LogP contribution in [0, 0.1) is 11.7 Å². The summed E-state index contributed by atoms with van der Waals surface area (Å²) in [6, 6.07) is 16.0. The Morgan fingerprint density at radius 2 is 1.68 bits per heavy atom. The second kappa shape index (κ2) is 12.3. The molecule has 0 saturated heterocycles. The van der Waals surface area contributed by atoms with Gasteiger partial charge in [-0.2, -0.15) is 0 Å². The van der Waals surface area contributed by atoms with E-state index >= 15 is 0 Å². The van der Waals surface area contributed by atoms with Gasteiger partial charge in [-0.25, -0.2) is 26.3 Å². The number of hydrogen-bond acceptors (Lipinski definition) is 4. The van der Waals surface area contributed by atoms with E-state index in [1.54, 1.807) is 0 Å². The third-order valence-electron chi connectivity index (χ3n) is 8.96. The van der Waals surface area contributed by atoms with Gasteiger partial charge >= 0.3 is 0 Å². The summed E-state index contributed by atoms with van der Waals surface area (Å²) in [4.78, 5) is 13.1.